The van der Waals surface area contributed by atoms with Gasteiger partial charge in [-0.15, -0.1) is 0 Å². The summed E-state index contributed by atoms with van der Waals surface area (Å²) in [6, 6.07) is 8.38. The molecule has 2 nitrogen and oxygen atoms in total. The third kappa shape index (κ3) is 3.61. The maximum atomic E-state index is 13.0. The molecule has 0 bridgehead atoms. The van der Waals surface area contributed by atoms with Crippen molar-refractivity contribution < 1.29 is 4.39 Å². The molecule has 1 heterocycles. The Labute approximate surface area is 128 Å². The predicted octanol–water partition coefficient (Wildman–Crippen LogP) is 4.44. The van der Waals surface area contributed by atoms with Crippen LogP contribution in [0.15, 0.2) is 45.5 Å². The van der Waals surface area contributed by atoms with Gasteiger partial charge in [0, 0.05) is 15.1 Å². The van der Waals surface area contributed by atoms with Crippen LogP contribution in [0.25, 0.3) is 0 Å². The van der Waals surface area contributed by atoms with Crippen LogP contribution in [0.2, 0.25) is 0 Å². The molecule has 0 aliphatic rings. The topological polar surface area (TPSA) is 24.9 Å². The largest absolute Gasteiger partial charge is 0.305 e. The van der Waals surface area contributed by atoms with E-state index < -0.39 is 0 Å². The van der Waals surface area contributed by atoms with Gasteiger partial charge in [0.2, 0.25) is 0 Å². The zero-order valence-electron chi connectivity index (χ0n) is 10.3. The lowest BCUT2D eigenvalue weighted by molar-refractivity contribution is 0.603. The van der Waals surface area contributed by atoms with Crippen LogP contribution in [0.4, 0.5) is 4.39 Å². The summed E-state index contributed by atoms with van der Waals surface area (Å²) >= 11 is 6.91. The van der Waals surface area contributed by atoms with Crippen molar-refractivity contribution in [2.75, 3.05) is 6.54 Å². The number of aromatic nitrogens is 1. The van der Waals surface area contributed by atoms with E-state index in [0.717, 1.165) is 26.7 Å². The molecule has 1 atom stereocenters. The van der Waals surface area contributed by atoms with E-state index >= 15 is 0 Å². The third-order valence-electron chi connectivity index (χ3n) is 2.72. The molecule has 0 saturated heterocycles. The standard InChI is InChI=1S/C14H13Br2FN2/c1-2-18-13(9-3-5-11(17)6-4-9)14-12(16)7-10(15)8-19-14/h3-8,13,18H,2H2,1H3. The Morgan fingerprint density at radius 2 is 1.95 bits per heavy atom. The SMILES string of the molecule is CCNC(c1ccc(F)cc1)c1ncc(Br)cc1Br. The van der Waals surface area contributed by atoms with Crippen molar-refractivity contribution in [2.45, 2.75) is 13.0 Å². The molecule has 0 aliphatic heterocycles. The molecule has 1 aromatic carbocycles. The van der Waals surface area contributed by atoms with Crippen LogP contribution in [0.3, 0.4) is 0 Å². The first-order valence-corrected chi connectivity index (χ1v) is 7.50. The van der Waals surface area contributed by atoms with E-state index in [9.17, 15) is 4.39 Å². The van der Waals surface area contributed by atoms with Gasteiger partial charge in [-0.3, -0.25) is 4.98 Å². The second kappa shape index (κ2) is 6.59. The highest BCUT2D eigenvalue weighted by Gasteiger charge is 2.17. The maximum absolute atomic E-state index is 13.0. The second-order valence-electron chi connectivity index (χ2n) is 4.06. The number of nitrogens with zero attached hydrogens (tertiary/aromatic N) is 1. The van der Waals surface area contributed by atoms with Crippen molar-refractivity contribution in [2.24, 2.45) is 0 Å². The summed E-state index contributed by atoms with van der Waals surface area (Å²) in [5.74, 6) is -0.234. The average molecular weight is 388 g/mol. The van der Waals surface area contributed by atoms with Crippen LogP contribution < -0.4 is 5.32 Å². The number of hydrogen-bond donors (Lipinski definition) is 1. The third-order valence-corrected chi connectivity index (χ3v) is 3.79. The monoisotopic (exact) mass is 386 g/mol. The van der Waals surface area contributed by atoms with Gasteiger partial charge in [-0.1, -0.05) is 19.1 Å². The van der Waals surface area contributed by atoms with E-state index in [1.54, 1.807) is 18.3 Å². The van der Waals surface area contributed by atoms with E-state index in [1.807, 2.05) is 13.0 Å². The molecule has 19 heavy (non-hydrogen) atoms. The average Bonchev–Trinajstić information content (AvgIpc) is 2.38. The molecule has 100 valence electrons. The molecule has 5 heteroatoms. The fourth-order valence-corrected chi connectivity index (χ4v) is 3.09. The Bertz CT molecular complexity index is 558. The minimum Gasteiger partial charge on any atom is -0.305 e. The summed E-state index contributed by atoms with van der Waals surface area (Å²) in [4.78, 5) is 4.45. The Hall–Kier alpha value is -0.780. The summed E-state index contributed by atoms with van der Waals surface area (Å²) < 4.78 is 14.8. The van der Waals surface area contributed by atoms with Crippen LogP contribution in [-0.4, -0.2) is 11.5 Å². The van der Waals surface area contributed by atoms with Crippen molar-refractivity contribution in [3.8, 4) is 0 Å². The fourth-order valence-electron chi connectivity index (χ4n) is 1.87. The molecule has 1 aromatic heterocycles. The molecule has 1 unspecified atom stereocenters. The lowest BCUT2D eigenvalue weighted by atomic mass is 10.0. The van der Waals surface area contributed by atoms with E-state index in [-0.39, 0.29) is 11.9 Å². The molecule has 0 fully saturated rings. The molecular formula is C14H13Br2FN2. The van der Waals surface area contributed by atoms with Crippen LogP contribution in [0, 0.1) is 5.82 Å². The van der Waals surface area contributed by atoms with Gasteiger partial charge in [0.1, 0.15) is 5.82 Å². The van der Waals surface area contributed by atoms with Gasteiger partial charge < -0.3 is 5.32 Å². The highest BCUT2D eigenvalue weighted by Crippen LogP contribution is 2.28. The molecule has 2 aromatic rings. The van der Waals surface area contributed by atoms with Crippen LogP contribution >= 0.6 is 31.9 Å². The lowest BCUT2D eigenvalue weighted by Crippen LogP contribution is -2.23. The number of nitrogens with one attached hydrogen (secondary N) is 1. The Balaban J connectivity index is 2.41. The fraction of sp³-hybridized carbons (Fsp3) is 0.214. The lowest BCUT2D eigenvalue weighted by Gasteiger charge is -2.19. The van der Waals surface area contributed by atoms with E-state index in [0.29, 0.717) is 0 Å². The van der Waals surface area contributed by atoms with Crippen molar-refractivity contribution in [3.05, 3.63) is 62.5 Å². The van der Waals surface area contributed by atoms with Crippen LogP contribution in [0.1, 0.15) is 24.2 Å². The molecule has 0 saturated carbocycles. The first kappa shape index (κ1) is 14.6. The zero-order valence-corrected chi connectivity index (χ0v) is 13.5. The highest BCUT2D eigenvalue weighted by atomic mass is 79.9. The summed E-state index contributed by atoms with van der Waals surface area (Å²) in [5.41, 5.74) is 1.87. The van der Waals surface area contributed by atoms with Gasteiger partial charge in [-0.25, -0.2) is 4.39 Å². The molecule has 2 rings (SSSR count). The quantitative estimate of drug-likeness (QED) is 0.838. The number of halogens is 3. The minimum atomic E-state index is -0.234. The summed E-state index contributed by atoms with van der Waals surface area (Å²) in [6.45, 7) is 2.83. The van der Waals surface area contributed by atoms with E-state index in [4.69, 9.17) is 0 Å². The van der Waals surface area contributed by atoms with Crippen LogP contribution in [0.5, 0.6) is 0 Å². The van der Waals surface area contributed by atoms with Gasteiger partial charge in [0.25, 0.3) is 0 Å². The number of benzene rings is 1. The highest BCUT2D eigenvalue weighted by molar-refractivity contribution is 9.11. The number of hydrogen-bond acceptors (Lipinski definition) is 2. The maximum Gasteiger partial charge on any atom is 0.123 e. The molecular weight excluding hydrogens is 375 g/mol. The van der Waals surface area contributed by atoms with Crippen molar-refractivity contribution >= 4 is 31.9 Å². The summed E-state index contributed by atoms with van der Waals surface area (Å²) in [7, 11) is 0. The second-order valence-corrected chi connectivity index (χ2v) is 5.83. The van der Waals surface area contributed by atoms with Crippen molar-refractivity contribution in [1.29, 1.82) is 0 Å². The van der Waals surface area contributed by atoms with Crippen LogP contribution in [-0.2, 0) is 0 Å². The van der Waals surface area contributed by atoms with E-state index in [1.165, 1.54) is 12.1 Å². The molecule has 0 aliphatic carbocycles. The van der Waals surface area contributed by atoms with Gasteiger partial charge in [-0.05, 0) is 62.2 Å². The predicted molar refractivity (Wildman–Crippen MR) is 81.6 cm³/mol. The molecule has 0 amide bonds. The van der Waals surface area contributed by atoms with Gasteiger partial charge >= 0.3 is 0 Å². The van der Waals surface area contributed by atoms with Crippen molar-refractivity contribution in [3.63, 3.8) is 0 Å². The number of pyridine rings is 1. The Morgan fingerprint density at radius 1 is 1.26 bits per heavy atom. The molecule has 0 radical (unpaired) electrons. The van der Waals surface area contributed by atoms with Gasteiger partial charge in [0.15, 0.2) is 0 Å². The smallest absolute Gasteiger partial charge is 0.123 e. The van der Waals surface area contributed by atoms with Crippen molar-refractivity contribution in [1.82, 2.24) is 10.3 Å². The van der Waals surface area contributed by atoms with Gasteiger partial charge in [0.05, 0.1) is 11.7 Å². The molecule has 0 spiro atoms. The number of rotatable bonds is 4. The normalized spacial score (nSPS) is 12.4. The first-order valence-electron chi connectivity index (χ1n) is 5.91. The Morgan fingerprint density at radius 3 is 2.53 bits per heavy atom. The summed E-state index contributed by atoms with van der Waals surface area (Å²) in [6.07, 6.45) is 1.76. The minimum absolute atomic E-state index is 0.0620. The van der Waals surface area contributed by atoms with E-state index in [2.05, 4.69) is 42.2 Å². The van der Waals surface area contributed by atoms with Gasteiger partial charge in [-0.2, -0.15) is 0 Å². The zero-order chi connectivity index (χ0) is 13.8. The Kier molecular flexibility index (Phi) is 5.07. The summed E-state index contributed by atoms with van der Waals surface area (Å²) in [5, 5.41) is 3.36. The molecule has 1 N–H and O–H groups in total. The first-order chi connectivity index (χ1) is 9.11.